The molecule has 0 saturated carbocycles. The van der Waals surface area contributed by atoms with Crippen LogP contribution in [0, 0.1) is 3.70 Å². The van der Waals surface area contributed by atoms with Crippen molar-refractivity contribution in [3.63, 3.8) is 0 Å². The Morgan fingerprint density at radius 1 is 1.47 bits per heavy atom. The summed E-state index contributed by atoms with van der Waals surface area (Å²) in [6.45, 7) is 0.0972. The fourth-order valence-electron chi connectivity index (χ4n) is 1.67. The van der Waals surface area contributed by atoms with Gasteiger partial charge >= 0.3 is 0 Å². The molecule has 1 saturated heterocycles. The number of carbonyl (C=O) groups is 1. The lowest BCUT2D eigenvalue weighted by Crippen LogP contribution is -2.32. The highest BCUT2D eigenvalue weighted by atomic mass is 127. The lowest BCUT2D eigenvalue weighted by Gasteiger charge is -2.15. The highest BCUT2D eigenvalue weighted by Gasteiger charge is 2.37. The van der Waals surface area contributed by atoms with Crippen molar-refractivity contribution < 1.29 is 13.2 Å². The average Bonchev–Trinajstić information content (AvgIpc) is 2.61. The number of hydrogen-bond donors (Lipinski definition) is 1. The second-order valence-electron chi connectivity index (χ2n) is 3.76. The molecule has 2 heterocycles. The number of carbonyl (C=O) groups excluding carboxylic acids is 1. The monoisotopic (exact) mass is 367 g/mol. The van der Waals surface area contributed by atoms with Crippen LogP contribution in [0.3, 0.4) is 0 Å². The number of hydrogen-bond acceptors (Lipinski definition) is 4. The molecule has 2 rings (SSSR count). The Morgan fingerprint density at radius 2 is 2.18 bits per heavy atom. The van der Waals surface area contributed by atoms with Gasteiger partial charge in [0, 0.05) is 13.0 Å². The van der Waals surface area contributed by atoms with Gasteiger partial charge < -0.3 is 4.90 Å². The van der Waals surface area contributed by atoms with Gasteiger partial charge in [-0.1, -0.05) is 0 Å². The Bertz CT molecular complexity index is 543. The van der Waals surface area contributed by atoms with E-state index in [0.717, 1.165) is 3.70 Å². The van der Waals surface area contributed by atoms with E-state index < -0.39 is 15.3 Å². The standard InChI is InChI=1S/C9H10IN3O3S/c10-8-2-1-6(4-12-8)13-5-7(3-9(13)14)17(11,15)16/h1-2,4,7H,3,5H2,(H2,11,15,16). The van der Waals surface area contributed by atoms with E-state index in [1.54, 1.807) is 18.3 Å². The number of primary sulfonamides is 1. The Labute approximate surface area is 112 Å². The molecule has 17 heavy (non-hydrogen) atoms. The number of nitrogens with two attached hydrogens (primary N) is 1. The summed E-state index contributed by atoms with van der Waals surface area (Å²) >= 11 is 2.05. The molecule has 0 radical (unpaired) electrons. The predicted molar refractivity (Wildman–Crippen MR) is 70.8 cm³/mol. The van der Waals surface area contributed by atoms with Crippen LogP contribution >= 0.6 is 22.6 Å². The molecule has 1 fully saturated rings. The molecular weight excluding hydrogens is 357 g/mol. The van der Waals surface area contributed by atoms with Crippen molar-refractivity contribution in [3.05, 3.63) is 22.0 Å². The van der Waals surface area contributed by atoms with Crippen LogP contribution in [0.5, 0.6) is 0 Å². The molecule has 0 aromatic carbocycles. The first-order valence-corrected chi connectivity index (χ1v) is 7.50. The predicted octanol–water partition coefficient (Wildman–Crippen LogP) is 0.0800. The first-order valence-electron chi connectivity index (χ1n) is 4.81. The van der Waals surface area contributed by atoms with Crippen molar-refractivity contribution in [3.8, 4) is 0 Å². The van der Waals surface area contributed by atoms with Crippen LogP contribution in [0.4, 0.5) is 5.69 Å². The Hall–Kier alpha value is -0.740. The zero-order valence-corrected chi connectivity index (χ0v) is 11.7. The molecule has 0 spiro atoms. The van der Waals surface area contributed by atoms with Crippen LogP contribution in [0.1, 0.15) is 6.42 Å². The molecule has 6 nitrogen and oxygen atoms in total. The van der Waals surface area contributed by atoms with Gasteiger partial charge in [-0.15, -0.1) is 0 Å². The number of rotatable bonds is 2. The number of halogens is 1. The molecule has 92 valence electrons. The van der Waals surface area contributed by atoms with Gasteiger partial charge in [-0.3, -0.25) is 4.79 Å². The Morgan fingerprint density at radius 3 is 2.65 bits per heavy atom. The van der Waals surface area contributed by atoms with Crippen LogP contribution in [0.2, 0.25) is 0 Å². The summed E-state index contributed by atoms with van der Waals surface area (Å²) in [7, 11) is -3.67. The van der Waals surface area contributed by atoms with Crippen molar-refractivity contribution in [1.82, 2.24) is 4.98 Å². The Balaban J connectivity index is 2.24. The summed E-state index contributed by atoms with van der Waals surface area (Å²) in [6.07, 6.45) is 1.48. The molecule has 0 aliphatic carbocycles. The van der Waals surface area contributed by atoms with Crippen LogP contribution in [-0.4, -0.2) is 31.1 Å². The number of nitrogens with zero attached hydrogens (tertiary/aromatic N) is 2. The molecule has 2 N–H and O–H groups in total. The number of pyridine rings is 1. The third-order valence-electron chi connectivity index (χ3n) is 2.58. The molecular formula is C9H10IN3O3S. The van der Waals surface area contributed by atoms with E-state index in [1.165, 1.54) is 4.90 Å². The van der Waals surface area contributed by atoms with Crippen LogP contribution in [0.25, 0.3) is 0 Å². The highest BCUT2D eigenvalue weighted by Crippen LogP contribution is 2.23. The molecule has 1 aliphatic rings. The van der Waals surface area contributed by atoms with Gasteiger partial charge in [0.2, 0.25) is 15.9 Å². The molecule has 1 aromatic heterocycles. The van der Waals surface area contributed by atoms with E-state index in [9.17, 15) is 13.2 Å². The molecule has 1 aromatic rings. The van der Waals surface area contributed by atoms with Crippen LogP contribution < -0.4 is 10.0 Å². The molecule has 1 atom stereocenters. The fourth-order valence-corrected chi connectivity index (χ4v) is 2.72. The van der Waals surface area contributed by atoms with Gasteiger partial charge in [0.05, 0.1) is 11.9 Å². The number of amides is 1. The normalized spacial score (nSPS) is 20.9. The Kier molecular flexibility index (Phi) is 3.36. The molecule has 0 bridgehead atoms. The smallest absolute Gasteiger partial charge is 0.228 e. The summed E-state index contributed by atoms with van der Waals surface area (Å²) in [6, 6.07) is 3.49. The molecule has 1 aliphatic heterocycles. The van der Waals surface area contributed by atoms with Crippen molar-refractivity contribution in [2.45, 2.75) is 11.7 Å². The highest BCUT2D eigenvalue weighted by molar-refractivity contribution is 14.1. The molecule has 1 unspecified atom stereocenters. The van der Waals surface area contributed by atoms with Crippen molar-refractivity contribution >= 4 is 44.2 Å². The van der Waals surface area contributed by atoms with Gasteiger partial charge in [-0.25, -0.2) is 18.5 Å². The summed E-state index contributed by atoms with van der Waals surface area (Å²) in [5.41, 5.74) is 0.599. The van der Waals surface area contributed by atoms with Gasteiger partial charge in [0.15, 0.2) is 0 Å². The van der Waals surface area contributed by atoms with Gasteiger partial charge in [0.25, 0.3) is 0 Å². The van der Waals surface area contributed by atoms with Gasteiger partial charge in [0.1, 0.15) is 8.95 Å². The van der Waals surface area contributed by atoms with E-state index in [-0.39, 0.29) is 18.9 Å². The number of aromatic nitrogens is 1. The van der Waals surface area contributed by atoms with E-state index in [1.807, 2.05) is 0 Å². The quantitative estimate of drug-likeness (QED) is 0.592. The minimum absolute atomic E-state index is 0.0647. The SMILES string of the molecule is NS(=O)(=O)C1CC(=O)N(c2ccc(I)nc2)C1. The van der Waals surface area contributed by atoms with Gasteiger partial charge in [-0.2, -0.15) is 0 Å². The minimum atomic E-state index is -3.67. The maximum absolute atomic E-state index is 11.7. The van der Waals surface area contributed by atoms with E-state index in [4.69, 9.17) is 5.14 Å². The second kappa shape index (κ2) is 4.50. The lowest BCUT2D eigenvalue weighted by atomic mass is 10.4. The van der Waals surface area contributed by atoms with Crippen molar-refractivity contribution in [2.75, 3.05) is 11.4 Å². The lowest BCUT2D eigenvalue weighted by molar-refractivity contribution is -0.117. The minimum Gasteiger partial charge on any atom is -0.309 e. The van der Waals surface area contributed by atoms with E-state index in [0.29, 0.717) is 5.69 Å². The van der Waals surface area contributed by atoms with Crippen LogP contribution in [0.15, 0.2) is 18.3 Å². The second-order valence-corrected chi connectivity index (χ2v) is 6.71. The molecule has 1 amide bonds. The zero-order valence-electron chi connectivity index (χ0n) is 8.71. The largest absolute Gasteiger partial charge is 0.309 e. The summed E-state index contributed by atoms with van der Waals surface area (Å²) in [4.78, 5) is 17.2. The van der Waals surface area contributed by atoms with Gasteiger partial charge in [-0.05, 0) is 34.7 Å². The average molecular weight is 367 g/mol. The summed E-state index contributed by atoms with van der Waals surface area (Å²) in [5, 5.41) is 4.22. The number of sulfonamides is 1. The summed E-state index contributed by atoms with van der Waals surface area (Å²) < 4.78 is 23.2. The van der Waals surface area contributed by atoms with E-state index in [2.05, 4.69) is 27.6 Å². The maximum atomic E-state index is 11.7. The van der Waals surface area contributed by atoms with Crippen molar-refractivity contribution in [1.29, 1.82) is 0 Å². The fraction of sp³-hybridized carbons (Fsp3) is 0.333. The topological polar surface area (TPSA) is 93.4 Å². The maximum Gasteiger partial charge on any atom is 0.228 e. The van der Waals surface area contributed by atoms with Crippen molar-refractivity contribution in [2.24, 2.45) is 5.14 Å². The first kappa shape index (κ1) is 12.7. The van der Waals surface area contributed by atoms with E-state index >= 15 is 0 Å². The summed E-state index contributed by atoms with van der Waals surface area (Å²) in [5.74, 6) is -0.243. The first-order chi connectivity index (χ1) is 7.88. The third-order valence-corrected chi connectivity index (χ3v) is 4.46. The molecule has 8 heteroatoms. The van der Waals surface area contributed by atoms with Crippen LogP contribution in [-0.2, 0) is 14.8 Å². The zero-order chi connectivity index (χ0) is 12.6. The number of anilines is 1. The third kappa shape index (κ3) is 2.75.